The highest BCUT2D eigenvalue weighted by Crippen LogP contribution is 2.24. The predicted octanol–water partition coefficient (Wildman–Crippen LogP) is 3.00. The van der Waals surface area contributed by atoms with Crippen molar-refractivity contribution in [2.24, 2.45) is 0 Å². The van der Waals surface area contributed by atoms with E-state index in [1.807, 2.05) is 30.3 Å². The molecule has 4 nitrogen and oxygen atoms in total. The normalized spacial score (nSPS) is 10.5. The van der Waals surface area contributed by atoms with E-state index in [2.05, 4.69) is 9.97 Å². The van der Waals surface area contributed by atoms with E-state index >= 15 is 0 Å². The zero-order valence-corrected chi connectivity index (χ0v) is 9.95. The Morgan fingerprint density at radius 3 is 2.63 bits per heavy atom. The van der Waals surface area contributed by atoms with Crippen LogP contribution in [-0.2, 0) is 0 Å². The van der Waals surface area contributed by atoms with Gasteiger partial charge in [-0.25, -0.2) is 9.78 Å². The van der Waals surface area contributed by atoms with Crippen molar-refractivity contribution in [2.75, 3.05) is 0 Å². The lowest BCUT2D eigenvalue weighted by Crippen LogP contribution is -2.00. The van der Waals surface area contributed by atoms with Crippen LogP contribution in [0.25, 0.3) is 22.2 Å². The number of hydrogen-bond donors (Lipinski definition) is 1. The predicted molar refractivity (Wildman–Crippen MR) is 71.9 cm³/mol. The van der Waals surface area contributed by atoms with Gasteiger partial charge in [0.1, 0.15) is 0 Å². The van der Waals surface area contributed by atoms with Gasteiger partial charge in [0, 0.05) is 23.3 Å². The van der Waals surface area contributed by atoms with Crippen LogP contribution in [0, 0.1) is 0 Å². The molecule has 0 aliphatic rings. The maximum Gasteiger partial charge on any atom is 0.336 e. The minimum Gasteiger partial charge on any atom is -0.478 e. The molecule has 0 spiro atoms. The number of carboxylic acid groups (broad SMARTS) is 1. The molecule has 0 saturated heterocycles. The van der Waals surface area contributed by atoms with Gasteiger partial charge in [-0.1, -0.05) is 30.3 Å². The van der Waals surface area contributed by atoms with Crippen LogP contribution in [0.1, 0.15) is 10.4 Å². The fraction of sp³-hybridized carbons (Fsp3) is 0. The SMILES string of the molecule is O=C(O)c1cc(-c2ccccc2)nc2ccncc12. The van der Waals surface area contributed by atoms with Crippen molar-refractivity contribution in [2.45, 2.75) is 0 Å². The van der Waals surface area contributed by atoms with Crippen molar-refractivity contribution in [3.05, 3.63) is 60.4 Å². The summed E-state index contributed by atoms with van der Waals surface area (Å²) in [4.78, 5) is 19.8. The summed E-state index contributed by atoms with van der Waals surface area (Å²) in [6, 6.07) is 12.8. The molecule has 4 heteroatoms. The lowest BCUT2D eigenvalue weighted by molar-refractivity contribution is 0.0699. The molecular weight excluding hydrogens is 240 g/mol. The lowest BCUT2D eigenvalue weighted by atomic mass is 10.1. The van der Waals surface area contributed by atoms with Gasteiger partial charge in [-0.05, 0) is 12.1 Å². The summed E-state index contributed by atoms with van der Waals surface area (Å²) in [6.07, 6.45) is 3.14. The molecule has 0 bridgehead atoms. The monoisotopic (exact) mass is 250 g/mol. The Bertz CT molecular complexity index is 754. The van der Waals surface area contributed by atoms with Gasteiger partial charge in [-0.15, -0.1) is 0 Å². The maximum absolute atomic E-state index is 11.3. The number of rotatable bonds is 2. The molecule has 0 fully saturated rings. The molecule has 0 radical (unpaired) electrons. The second-order valence-electron chi connectivity index (χ2n) is 4.12. The van der Waals surface area contributed by atoms with Crippen molar-refractivity contribution < 1.29 is 9.90 Å². The molecule has 92 valence electrons. The van der Waals surface area contributed by atoms with E-state index in [-0.39, 0.29) is 5.56 Å². The summed E-state index contributed by atoms with van der Waals surface area (Å²) in [5, 5.41) is 9.85. The highest BCUT2D eigenvalue weighted by Gasteiger charge is 2.12. The van der Waals surface area contributed by atoms with Crippen molar-refractivity contribution in [3.8, 4) is 11.3 Å². The van der Waals surface area contributed by atoms with Crippen LogP contribution >= 0.6 is 0 Å². The molecule has 0 saturated carbocycles. The largest absolute Gasteiger partial charge is 0.478 e. The Morgan fingerprint density at radius 2 is 1.89 bits per heavy atom. The number of carbonyl (C=O) groups is 1. The number of aromatic carboxylic acids is 1. The van der Waals surface area contributed by atoms with Crippen molar-refractivity contribution >= 4 is 16.9 Å². The van der Waals surface area contributed by atoms with Gasteiger partial charge in [0.15, 0.2) is 0 Å². The first-order valence-corrected chi connectivity index (χ1v) is 5.79. The topological polar surface area (TPSA) is 63.1 Å². The van der Waals surface area contributed by atoms with Gasteiger partial charge in [0.2, 0.25) is 0 Å². The van der Waals surface area contributed by atoms with E-state index < -0.39 is 5.97 Å². The van der Waals surface area contributed by atoms with E-state index in [4.69, 9.17) is 0 Å². The van der Waals surface area contributed by atoms with Crippen LogP contribution in [0.5, 0.6) is 0 Å². The van der Waals surface area contributed by atoms with E-state index in [9.17, 15) is 9.90 Å². The van der Waals surface area contributed by atoms with E-state index in [0.717, 1.165) is 5.56 Å². The summed E-state index contributed by atoms with van der Waals surface area (Å²) < 4.78 is 0. The number of fused-ring (bicyclic) bond motifs is 1. The van der Waals surface area contributed by atoms with Crippen molar-refractivity contribution in [1.82, 2.24) is 9.97 Å². The molecule has 19 heavy (non-hydrogen) atoms. The van der Waals surface area contributed by atoms with Gasteiger partial charge in [0.25, 0.3) is 0 Å². The van der Waals surface area contributed by atoms with E-state index in [1.54, 1.807) is 18.3 Å². The molecule has 2 aromatic heterocycles. The quantitative estimate of drug-likeness (QED) is 0.759. The van der Waals surface area contributed by atoms with Crippen LogP contribution in [0.2, 0.25) is 0 Å². The van der Waals surface area contributed by atoms with Crippen LogP contribution < -0.4 is 0 Å². The zero-order chi connectivity index (χ0) is 13.2. The number of carboxylic acids is 1. The number of hydrogen-bond acceptors (Lipinski definition) is 3. The standard InChI is InChI=1S/C15H10N2O2/c18-15(19)11-8-14(10-4-2-1-3-5-10)17-13-6-7-16-9-12(11)13/h1-9H,(H,18,19). The van der Waals surface area contributed by atoms with Gasteiger partial charge in [0.05, 0.1) is 16.8 Å². The third-order valence-electron chi connectivity index (χ3n) is 2.91. The van der Waals surface area contributed by atoms with Gasteiger partial charge in [-0.2, -0.15) is 0 Å². The Kier molecular flexibility index (Phi) is 2.68. The third kappa shape index (κ3) is 2.04. The van der Waals surface area contributed by atoms with Gasteiger partial charge in [-0.3, -0.25) is 4.98 Å². The summed E-state index contributed by atoms with van der Waals surface area (Å²) in [5.74, 6) is -0.974. The number of aromatic nitrogens is 2. The maximum atomic E-state index is 11.3. The van der Waals surface area contributed by atoms with Crippen LogP contribution in [0.15, 0.2) is 54.9 Å². The molecule has 0 atom stereocenters. The molecule has 0 aliphatic carbocycles. The van der Waals surface area contributed by atoms with Gasteiger partial charge >= 0.3 is 5.97 Å². The molecular formula is C15H10N2O2. The Labute approximate surface area is 109 Å². The van der Waals surface area contributed by atoms with E-state index in [1.165, 1.54) is 6.20 Å². The summed E-state index contributed by atoms with van der Waals surface area (Å²) in [6.45, 7) is 0. The summed E-state index contributed by atoms with van der Waals surface area (Å²) in [7, 11) is 0. The number of nitrogens with zero attached hydrogens (tertiary/aromatic N) is 2. The number of pyridine rings is 2. The molecule has 0 amide bonds. The zero-order valence-electron chi connectivity index (χ0n) is 9.95. The fourth-order valence-corrected chi connectivity index (χ4v) is 2.00. The third-order valence-corrected chi connectivity index (χ3v) is 2.91. The molecule has 0 aliphatic heterocycles. The average Bonchev–Trinajstić information content (AvgIpc) is 2.47. The van der Waals surface area contributed by atoms with Crippen molar-refractivity contribution in [1.29, 1.82) is 0 Å². The molecule has 1 aromatic carbocycles. The Hall–Kier alpha value is -2.75. The summed E-state index contributed by atoms with van der Waals surface area (Å²) in [5.41, 5.74) is 2.39. The Balaban J connectivity index is 2.31. The lowest BCUT2D eigenvalue weighted by Gasteiger charge is -2.06. The second-order valence-corrected chi connectivity index (χ2v) is 4.12. The fourth-order valence-electron chi connectivity index (χ4n) is 2.00. The van der Waals surface area contributed by atoms with Gasteiger partial charge < -0.3 is 5.11 Å². The molecule has 1 N–H and O–H groups in total. The smallest absolute Gasteiger partial charge is 0.336 e. The van der Waals surface area contributed by atoms with Crippen LogP contribution in [0.3, 0.4) is 0 Å². The minimum atomic E-state index is -0.974. The van der Waals surface area contributed by atoms with E-state index in [0.29, 0.717) is 16.6 Å². The first-order valence-electron chi connectivity index (χ1n) is 5.79. The highest BCUT2D eigenvalue weighted by atomic mass is 16.4. The second kappa shape index (κ2) is 4.49. The average molecular weight is 250 g/mol. The molecule has 3 rings (SSSR count). The molecule has 2 heterocycles. The highest BCUT2D eigenvalue weighted by molar-refractivity contribution is 6.03. The first kappa shape index (κ1) is 11.3. The van der Waals surface area contributed by atoms with Crippen LogP contribution in [-0.4, -0.2) is 21.0 Å². The molecule has 0 unspecified atom stereocenters. The van der Waals surface area contributed by atoms with Crippen molar-refractivity contribution in [3.63, 3.8) is 0 Å². The number of benzene rings is 1. The molecule has 3 aromatic rings. The summed E-state index contributed by atoms with van der Waals surface area (Å²) >= 11 is 0. The van der Waals surface area contributed by atoms with Crippen LogP contribution in [0.4, 0.5) is 0 Å². The Morgan fingerprint density at radius 1 is 1.11 bits per heavy atom. The minimum absolute atomic E-state index is 0.219. The first-order chi connectivity index (χ1) is 9.25.